The maximum Gasteiger partial charge on any atom is 0.123 e. The van der Waals surface area contributed by atoms with Gasteiger partial charge in [-0.15, -0.1) is 0 Å². The number of allylic oxidation sites excluding steroid dienone is 1. The van der Waals surface area contributed by atoms with Crippen molar-refractivity contribution in [1.82, 2.24) is 15.1 Å². The molecule has 0 aliphatic heterocycles. The summed E-state index contributed by atoms with van der Waals surface area (Å²) < 4.78 is 15.4. The number of benzene rings is 1. The van der Waals surface area contributed by atoms with Gasteiger partial charge in [0.25, 0.3) is 0 Å². The number of aliphatic hydroxyl groups is 1. The summed E-state index contributed by atoms with van der Waals surface area (Å²) in [6.45, 7) is 3.62. The molecule has 0 amide bonds. The van der Waals surface area contributed by atoms with Gasteiger partial charge in [-0.05, 0) is 48.7 Å². The Kier molecular flexibility index (Phi) is 6.09. The summed E-state index contributed by atoms with van der Waals surface area (Å²) >= 11 is 0. The first-order valence-corrected chi connectivity index (χ1v) is 8.32. The number of hydrogen-bond donors (Lipinski definition) is 3. The van der Waals surface area contributed by atoms with Crippen LogP contribution in [0, 0.1) is 11.2 Å². The molecule has 1 heterocycles. The molecule has 3 N–H and O–H groups in total. The van der Waals surface area contributed by atoms with Crippen molar-refractivity contribution < 1.29 is 9.50 Å². The van der Waals surface area contributed by atoms with Gasteiger partial charge in [0.05, 0.1) is 17.5 Å². The predicted octanol–water partition coefficient (Wildman–Crippen LogP) is 2.89. The van der Waals surface area contributed by atoms with Crippen molar-refractivity contribution in [2.24, 2.45) is 7.05 Å². The van der Waals surface area contributed by atoms with Crippen molar-refractivity contribution in [2.45, 2.75) is 32.8 Å². The number of nitrogens with one attached hydrogen (secondary N) is 2. The second-order valence-corrected chi connectivity index (χ2v) is 6.02. The Morgan fingerprint density at radius 2 is 2.16 bits per heavy atom. The monoisotopic (exact) mass is 344 g/mol. The molecule has 0 fully saturated rings. The van der Waals surface area contributed by atoms with Crippen LogP contribution in [0.4, 0.5) is 4.39 Å². The maximum absolute atomic E-state index is 13.5. The lowest BCUT2D eigenvalue weighted by Gasteiger charge is -2.16. The zero-order valence-corrected chi connectivity index (χ0v) is 15.1. The highest BCUT2D eigenvalue weighted by Crippen LogP contribution is 2.23. The Morgan fingerprint density at radius 1 is 1.44 bits per heavy atom. The van der Waals surface area contributed by atoms with Crippen LogP contribution in [-0.2, 0) is 19.9 Å². The molecule has 134 valence electrons. The molecule has 1 aromatic carbocycles. The Morgan fingerprint density at radius 3 is 2.72 bits per heavy atom. The van der Waals surface area contributed by atoms with Gasteiger partial charge >= 0.3 is 0 Å². The van der Waals surface area contributed by atoms with E-state index in [1.165, 1.54) is 12.1 Å². The number of aryl methyl sites for hydroxylation is 2. The SMILES string of the molecule is CCc1cc(C/C(=C/NC)C(=N)c2ccc(F)cc2[C@@H](C)O)n(C)n1. The van der Waals surface area contributed by atoms with Gasteiger partial charge in [-0.25, -0.2) is 4.39 Å². The third kappa shape index (κ3) is 4.33. The molecule has 2 rings (SSSR count). The fourth-order valence-corrected chi connectivity index (χ4v) is 2.77. The molecular weight excluding hydrogens is 319 g/mol. The second kappa shape index (κ2) is 8.07. The van der Waals surface area contributed by atoms with Crippen LogP contribution in [0.5, 0.6) is 0 Å². The van der Waals surface area contributed by atoms with Crippen molar-refractivity contribution in [3.63, 3.8) is 0 Å². The normalized spacial score (nSPS) is 13.0. The highest BCUT2D eigenvalue weighted by molar-refractivity contribution is 6.11. The molecule has 25 heavy (non-hydrogen) atoms. The van der Waals surface area contributed by atoms with E-state index in [2.05, 4.69) is 10.4 Å². The molecule has 0 aliphatic carbocycles. The van der Waals surface area contributed by atoms with Crippen LogP contribution in [0.15, 0.2) is 36.0 Å². The number of aliphatic hydroxyl groups excluding tert-OH is 1. The third-order valence-electron chi connectivity index (χ3n) is 4.13. The molecule has 0 saturated carbocycles. The van der Waals surface area contributed by atoms with Gasteiger partial charge in [0, 0.05) is 38.0 Å². The van der Waals surface area contributed by atoms with Gasteiger partial charge in [0.1, 0.15) is 5.82 Å². The molecule has 0 bridgehead atoms. The number of halogens is 1. The maximum atomic E-state index is 13.5. The molecule has 5 nitrogen and oxygen atoms in total. The van der Waals surface area contributed by atoms with Gasteiger partial charge in [0.2, 0.25) is 0 Å². The zero-order chi connectivity index (χ0) is 18.6. The Balaban J connectivity index is 2.39. The summed E-state index contributed by atoms with van der Waals surface area (Å²) in [6, 6.07) is 6.16. The lowest BCUT2D eigenvalue weighted by atomic mass is 9.93. The number of hydrogen-bond acceptors (Lipinski definition) is 4. The van der Waals surface area contributed by atoms with Crippen LogP contribution in [0.1, 0.15) is 42.5 Å². The first-order valence-electron chi connectivity index (χ1n) is 8.32. The van der Waals surface area contributed by atoms with E-state index in [9.17, 15) is 9.50 Å². The first kappa shape index (κ1) is 18.9. The minimum Gasteiger partial charge on any atom is -0.394 e. The van der Waals surface area contributed by atoms with E-state index in [4.69, 9.17) is 5.41 Å². The second-order valence-electron chi connectivity index (χ2n) is 6.02. The van der Waals surface area contributed by atoms with Crippen LogP contribution in [0.25, 0.3) is 0 Å². The van der Waals surface area contributed by atoms with Crippen molar-refractivity contribution in [3.8, 4) is 0 Å². The summed E-state index contributed by atoms with van der Waals surface area (Å²) in [5, 5.41) is 26.0. The number of nitrogens with zero attached hydrogens (tertiary/aromatic N) is 2. The lowest BCUT2D eigenvalue weighted by Crippen LogP contribution is -2.14. The number of aromatic nitrogens is 2. The standard InChI is InChI=1S/C19H25FN4O/c1-5-15-10-16(24(4)23-15)8-13(11-22-3)19(21)17-7-6-14(20)9-18(17)12(2)25/h6-7,9-12,21-22,25H,5,8H2,1-4H3/b13-11-,21-19?/t12-/m1/s1. The molecule has 0 radical (unpaired) electrons. The molecule has 1 atom stereocenters. The fourth-order valence-electron chi connectivity index (χ4n) is 2.77. The summed E-state index contributed by atoms with van der Waals surface area (Å²) in [4.78, 5) is 0. The molecule has 0 unspecified atom stereocenters. The summed E-state index contributed by atoms with van der Waals surface area (Å²) in [7, 11) is 3.66. The minimum absolute atomic E-state index is 0.254. The van der Waals surface area contributed by atoms with Gasteiger partial charge in [-0.2, -0.15) is 5.10 Å². The van der Waals surface area contributed by atoms with E-state index in [-0.39, 0.29) is 5.71 Å². The molecule has 6 heteroatoms. The van der Waals surface area contributed by atoms with Crippen molar-refractivity contribution in [1.29, 1.82) is 5.41 Å². The minimum atomic E-state index is -0.856. The third-order valence-corrected chi connectivity index (χ3v) is 4.13. The van der Waals surface area contributed by atoms with Crippen LogP contribution in [0.2, 0.25) is 0 Å². The van der Waals surface area contributed by atoms with Gasteiger partial charge in [-0.1, -0.05) is 6.92 Å². The van der Waals surface area contributed by atoms with Crippen molar-refractivity contribution in [2.75, 3.05) is 7.05 Å². The fraction of sp³-hybridized carbons (Fsp3) is 0.368. The highest BCUT2D eigenvalue weighted by atomic mass is 19.1. The molecule has 2 aromatic rings. The topological polar surface area (TPSA) is 73.9 Å². The molecule has 0 saturated heterocycles. The molecule has 0 spiro atoms. The van der Waals surface area contributed by atoms with E-state index < -0.39 is 11.9 Å². The van der Waals surface area contributed by atoms with E-state index in [1.807, 2.05) is 24.7 Å². The van der Waals surface area contributed by atoms with Crippen molar-refractivity contribution in [3.05, 3.63) is 64.4 Å². The van der Waals surface area contributed by atoms with Crippen LogP contribution < -0.4 is 5.32 Å². The largest absolute Gasteiger partial charge is 0.394 e. The zero-order valence-electron chi connectivity index (χ0n) is 15.1. The Labute approximate surface area is 147 Å². The van der Waals surface area contributed by atoms with Crippen molar-refractivity contribution >= 4 is 5.71 Å². The molecule has 1 aromatic heterocycles. The van der Waals surface area contributed by atoms with E-state index in [1.54, 1.807) is 26.2 Å². The number of rotatable bonds is 7. The highest BCUT2D eigenvalue weighted by Gasteiger charge is 2.18. The van der Waals surface area contributed by atoms with Crippen LogP contribution >= 0.6 is 0 Å². The van der Waals surface area contributed by atoms with Gasteiger partial charge in [-0.3, -0.25) is 10.1 Å². The first-order chi connectivity index (χ1) is 11.9. The summed E-state index contributed by atoms with van der Waals surface area (Å²) in [6.07, 6.45) is 2.27. The summed E-state index contributed by atoms with van der Waals surface area (Å²) in [5.74, 6) is -0.425. The summed E-state index contributed by atoms with van der Waals surface area (Å²) in [5.41, 5.74) is 3.91. The average molecular weight is 344 g/mol. The van der Waals surface area contributed by atoms with E-state index >= 15 is 0 Å². The van der Waals surface area contributed by atoms with Gasteiger partial charge in [0.15, 0.2) is 0 Å². The van der Waals surface area contributed by atoms with E-state index in [0.29, 0.717) is 17.5 Å². The smallest absolute Gasteiger partial charge is 0.123 e. The van der Waals surface area contributed by atoms with E-state index in [0.717, 1.165) is 23.4 Å². The van der Waals surface area contributed by atoms with Gasteiger partial charge < -0.3 is 10.4 Å². The predicted molar refractivity (Wildman–Crippen MR) is 97.3 cm³/mol. The molecular formula is C19H25FN4O. The lowest BCUT2D eigenvalue weighted by molar-refractivity contribution is 0.198. The Bertz CT molecular complexity index is 793. The van der Waals surface area contributed by atoms with Crippen LogP contribution in [-0.4, -0.2) is 27.6 Å². The molecule has 0 aliphatic rings. The quantitative estimate of drug-likeness (QED) is 0.676. The van der Waals surface area contributed by atoms with Crippen LogP contribution in [0.3, 0.4) is 0 Å². The average Bonchev–Trinajstić information content (AvgIpc) is 2.93. The Hall–Kier alpha value is -2.47.